The second-order valence-electron chi connectivity index (χ2n) is 4.84. The Kier molecular flexibility index (Phi) is 7.96. The summed E-state index contributed by atoms with van der Waals surface area (Å²) in [6.07, 6.45) is 0.445. The number of nitrogens with one attached hydrogen (secondary N) is 1. The Balaban J connectivity index is 2.79. The molecule has 0 aromatic heterocycles. The number of carbonyl (C=O) groups is 1. The SMILES string of the molecule is CCSCC(C)NC(=O)c1cc(C#CCCO)ccc1C. The molecule has 0 aliphatic heterocycles. The molecule has 0 fully saturated rings. The third-order valence-electron chi connectivity index (χ3n) is 2.90. The van der Waals surface area contributed by atoms with Gasteiger partial charge in [0.2, 0.25) is 0 Å². The number of rotatable bonds is 6. The summed E-state index contributed by atoms with van der Waals surface area (Å²) in [5.41, 5.74) is 2.41. The number of hydrogen-bond acceptors (Lipinski definition) is 3. The molecule has 0 saturated carbocycles. The molecule has 21 heavy (non-hydrogen) atoms. The predicted octanol–water partition coefficient (Wildman–Crippen LogP) is 2.60. The average Bonchev–Trinajstić information content (AvgIpc) is 2.47. The molecule has 1 aromatic rings. The lowest BCUT2D eigenvalue weighted by molar-refractivity contribution is 0.0943. The predicted molar refractivity (Wildman–Crippen MR) is 89.7 cm³/mol. The molecule has 1 unspecified atom stereocenters. The minimum atomic E-state index is -0.0532. The quantitative estimate of drug-likeness (QED) is 0.794. The van der Waals surface area contributed by atoms with E-state index in [1.165, 1.54) is 0 Å². The van der Waals surface area contributed by atoms with Crippen LogP contribution in [0.5, 0.6) is 0 Å². The molecule has 3 nitrogen and oxygen atoms in total. The van der Waals surface area contributed by atoms with Crippen molar-refractivity contribution >= 4 is 17.7 Å². The number of amides is 1. The standard InChI is InChI=1S/C17H23NO2S/c1-4-21-12-14(3)18-17(20)16-11-15(7-5-6-10-19)9-8-13(16)2/h8-9,11,14,19H,4,6,10,12H2,1-3H3,(H,18,20). The third-order valence-corrected chi connectivity index (χ3v) is 4.05. The molecule has 114 valence electrons. The molecule has 0 aliphatic rings. The normalized spacial score (nSPS) is 11.4. The summed E-state index contributed by atoms with van der Waals surface area (Å²) >= 11 is 1.81. The second kappa shape index (κ2) is 9.49. The van der Waals surface area contributed by atoms with Crippen LogP contribution in [0, 0.1) is 18.8 Å². The Labute approximate surface area is 131 Å². The summed E-state index contributed by atoms with van der Waals surface area (Å²) in [6.45, 7) is 6.10. The number of hydrogen-bond donors (Lipinski definition) is 2. The van der Waals surface area contributed by atoms with Gasteiger partial charge in [-0.2, -0.15) is 11.8 Å². The maximum absolute atomic E-state index is 12.3. The van der Waals surface area contributed by atoms with Gasteiger partial charge < -0.3 is 10.4 Å². The Morgan fingerprint density at radius 3 is 2.90 bits per heavy atom. The van der Waals surface area contributed by atoms with Crippen LogP contribution in [0.1, 0.15) is 41.8 Å². The first kappa shape index (κ1) is 17.6. The number of benzene rings is 1. The van der Waals surface area contributed by atoms with Gasteiger partial charge in [0.15, 0.2) is 0 Å². The summed E-state index contributed by atoms with van der Waals surface area (Å²) < 4.78 is 0. The van der Waals surface area contributed by atoms with Gasteiger partial charge in [-0.05, 0) is 37.3 Å². The van der Waals surface area contributed by atoms with E-state index in [-0.39, 0.29) is 18.6 Å². The van der Waals surface area contributed by atoms with Gasteiger partial charge in [0.1, 0.15) is 0 Å². The van der Waals surface area contributed by atoms with Crippen LogP contribution in [0.25, 0.3) is 0 Å². The Morgan fingerprint density at radius 2 is 2.24 bits per heavy atom. The van der Waals surface area contributed by atoms with E-state index in [4.69, 9.17) is 5.11 Å². The van der Waals surface area contributed by atoms with Crippen molar-refractivity contribution in [3.8, 4) is 11.8 Å². The maximum atomic E-state index is 12.3. The van der Waals surface area contributed by atoms with Gasteiger partial charge in [-0.3, -0.25) is 4.79 Å². The molecular weight excluding hydrogens is 282 g/mol. The van der Waals surface area contributed by atoms with Crippen LogP contribution >= 0.6 is 11.8 Å². The zero-order chi connectivity index (χ0) is 15.7. The topological polar surface area (TPSA) is 49.3 Å². The Hall–Kier alpha value is -1.44. The van der Waals surface area contributed by atoms with Gasteiger partial charge in [-0.15, -0.1) is 0 Å². The van der Waals surface area contributed by atoms with E-state index < -0.39 is 0 Å². The lowest BCUT2D eigenvalue weighted by Crippen LogP contribution is -2.34. The highest BCUT2D eigenvalue weighted by molar-refractivity contribution is 7.99. The van der Waals surface area contributed by atoms with Crippen LogP contribution in [-0.4, -0.2) is 35.2 Å². The minimum Gasteiger partial charge on any atom is -0.395 e. The lowest BCUT2D eigenvalue weighted by atomic mass is 10.0. The van der Waals surface area contributed by atoms with E-state index in [9.17, 15) is 4.79 Å². The number of aliphatic hydroxyl groups is 1. The average molecular weight is 305 g/mol. The van der Waals surface area contributed by atoms with Crippen LogP contribution in [0.3, 0.4) is 0 Å². The van der Waals surface area contributed by atoms with Crippen LogP contribution in [0.2, 0.25) is 0 Å². The van der Waals surface area contributed by atoms with Gasteiger partial charge in [0, 0.05) is 29.3 Å². The smallest absolute Gasteiger partial charge is 0.251 e. The molecule has 0 heterocycles. The summed E-state index contributed by atoms with van der Waals surface area (Å²) in [4.78, 5) is 12.3. The van der Waals surface area contributed by atoms with Gasteiger partial charge in [0.25, 0.3) is 5.91 Å². The van der Waals surface area contributed by atoms with Crippen molar-refractivity contribution in [1.82, 2.24) is 5.32 Å². The van der Waals surface area contributed by atoms with Crippen molar-refractivity contribution in [1.29, 1.82) is 0 Å². The van der Waals surface area contributed by atoms with Crippen LogP contribution < -0.4 is 5.32 Å². The fraction of sp³-hybridized carbons (Fsp3) is 0.471. The molecule has 2 N–H and O–H groups in total. The number of thioether (sulfide) groups is 1. The molecule has 1 amide bonds. The molecule has 1 atom stereocenters. The summed E-state index contributed by atoms with van der Waals surface area (Å²) in [6, 6.07) is 5.76. The van der Waals surface area contributed by atoms with Crippen LogP contribution in [0.4, 0.5) is 0 Å². The fourth-order valence-corrected chi connectivity index (χ4v) is 2.48. The largest absolute Gasteiger partial charge is 0.395 e. The van der Waals surface area contributed by atoms with Gasteiger partial charge in [-0.25, -0.2) is 0 Å². The molecule has 4 heteroatoms. The van der Waals surface area contributed by atoms with Gasteiger partial charge in [0.05, 0.1) is 6.61 Å². The van der Waals surface area contributed by atoms with Gasteiger partial charge in [-0.1, -0.05) is 24.8 Å². The summed E-state index contributed by atoms with van der Waals surface area (Å²) in [5, 5.41) is 11.8. The second-order valence-corrected chi connectivity index (χ2v) is 6.16. The van der Waals surface area contributed by atoms with Crippen molar-refractivity contribution < 1.29 is 9.90 Å². The first-order chi connectivity index (χ1) is 10.1. The Morgan fingerprint density at radius 1 is 1.48 bits per heavy atom. The highest BCUT2D eigenvalue weighted by atomic mass is 32.2. The maximum Gasteiger partial charge on any atom is 0.251 e. The Bertz CT molecular complexity index is 531. The van der Waals surface area contributed by atoms with Crippen LogP contribution in [-0.2, 0) is 0 Å². The molecule has 0 spiro atoms. The minimum absolute atomic E-state index is 0.0532. The highest BCUT2D eigenvalue weighted by Crippen LogP contribution is 2.11. The zero-order valence-electron chi connectivity index (χ0n) is 12.9. The fourth-order valence-electron chi connectivity index (χ4n) is 1.80. The molecule has 1 aromatic carbocycles. The highest BCUT2D eigenvalue weighted by Gasteiger charge is 2.12. The van der Waals surface area contributed by atoms with Crippen molar-refractivity contribution in [2.75, 3.05) is 18.1 Å². The molecule has 1 rings (SSSR count). The first-order valence-electron chi connectivity index (χ1n) is 7.17. The van der Waals surface area contributed by atoms with E-state index in [1.54, 1.807) is 0 Å². The van der Waals surface area contributed by atoms with Crippen molar-refractivity contribution in [2.45, 2.75) is 33.2 Å². The molecule has 0 bridgehead atoms. The zero-order valence-corrected chi connectivity index (χ0v) is 13.7. The monoisotopic (exact) mass is 305 g/mol. The molecule has 0 radical (unpaired) electrons. The number of aliphatic hydroxyl groups excluding tert-OH is 1. The van der Waals surface area contributed by atoms with Crippen molar-refractivity contribution in [2.24, 2.45) is 0 Å². The number of aryl methyl sites for hydroxylation is 1. The van der Waals surface area contributed by atoms with E-state index >= 15 is 0 Å². The lowest BCUT2D eigenvalue weighted by Gasteiger charge is -2.14. The van der Waals surface area contributed by atoms with E-state index in [0.29, 0.717) is 12.0 Å². The van der Waals surface area contributed by atoms with Crippen molar-refractivity contribution in [3.05, 3.63) is 34.9 Å². The van der Waals surface area contributed by atoms with E-state index in [0.717, 1.165) is 22.6 Å². The van der Waals surface area contributed by atoms with E-state index in [1.807, 2.05) is 43.8 Å². The third kappa shape index (κ3) is 6.24. The number of carbonyl (C=O) groups excluding carboxylic acids is 1. The van der Waals surface area contributed by atoms with Crippen molar-refractivity contribution in [3.63, 3.8) is 0 Å². The molecule has 0 saturated heterocycles. The van der Waals surface area contributed by atoms with E-state index in [2.05, 4.69) is 24.1 Å². The summed E-state index contributed by atoms with van der Waals surface area (Å²) in [7, 11) is 0. The van der Waals surface area contributed by atoms with Crippen LogP contribution in [0.15, 0.2) is 18.2 Å². The molecule has 0 aliphatic carbocycles. The molecular formula is C17H23NO2S. The van der Waals surface area contributed by atoms with Gasteiger partial charge >= 0.3 is 0 Å². The first-order valence-corrected chi connectivity index (χ1v) is 8.33. The summed E-state index contributed by atoms with van der Waals surface area (Å²) in [5.74, 6) is 7.74.